The van der Waals surface area contributed by atoms with Crippen molar-refractivity contribution in [1.29, 1.82) is 0 Å². The van der Waals surface area contributed by atoms with Crippen molar-refractivity contribution in [1.82, 2.24) is 15.1 Å². The summed E-state index contributed by atoms with van der Waals surface area (Å²) in [6.45, 7) is 0.348. The average Bonchev–Trinajstić information content (AvgIpc) is 2.81. The van der Waals surface area contributed by atoms with E-state index < -0.39 is 12.7 Å². The lowest BCUT2D eigenvalue weighted by molar-refractivity contribution is -0.145. The van der Waals surface area contributed by atoms with Gasteiger partial charge in [0.1, 0.15) is 0 Å². The van der Waals surface area contributed by atoms with Crippen LogP contribution in [0.15, 0.2) is 12.1 Å². The fourth-order valence-corrected chi connectivity index (χ4v) is 4.05. The summed E-state index contributed by atoms with van der Waals surface area (Å²) in [6.07, 6.45) is -2.23. The number of rotatable bonds is 2. The van der Waals surface area contributed by atoms with Crippen LogP contribution in [0.2, 0.25) is 10.0 Å². The van der Waals surface area contributed by atoms with Crippen molar-refractivity contribution in [2.75, 3.05) is 32.7 Å². The van der Waals surface area contributed by atoms with Crippen molar-refractivity contribution < 1.29 is 18.0 Å². The molecular formula is C17H20Cl2F3N3O. The maximum Gasteiger partial charge on any atom is 0.401 e. The third-order valence-electron chi connectivity index (χ3n) is 4.87. The molecule has 26 heavy (non-hydrogen) atoms. The zero-order valence-corrected chi connectivity index (χ0v) is 15.6. The van der Waals surface area contributed by atoms with E-state index in [-0.39, 0.29) is 25.2 Å². The van der Waals surface area contributed by atoms with Crippen molar-refractivity contribution in [3.05, 3.63) is 33.3 Å². The van der Waals surface area contributed by atoms with Gasteiger partial charge in [-0.15, -0.1) is 0 Å². The Bertz CT molecular complexity index is 684. The van der Waals surface area contributed by atoms with Gasteiger partial charge in [-0.3, -0.25) is 4.90 Å². The molecule has 144 valence electrons. The minimum Gasteiger partial charge on any atom is -0.331 e. The highest BCUT2D eigenvalue weighted by Crippen LogP contribution is 2.39. The first-order valence-corrected chi connectivity index (χ1v) is 9.31. The summed E-state index contributed by atoms with van der Waals surface area (Å²) in [5.41, 5.74) is 1.91. The molecule has 2 amide bonds. The van der Waals surface area contributed by atoms with Gasteiger partial charge in [0.15, 0.2) is 0 Å². The standard InChI is InChI=1S/C17H20Cl2F3N3O/c18-13-4-2-11-12(15(13)19)3-5-14(11)23-16(26)25-7-1-6-24(8-9-25)10-17(20,21)22/h2,4,14H,1,3,5-10H2,(H,23,26). The van der Waals surface area contributed by atoms with Gasteiger partial charge in [0.05, 0.1) is 22.6 Å². The number of urea groups is 1. The average molecular weight is 410 g/mol. The molecule has 4 nitrogen and oxygen atoms in total. The van der Waals surface area contributed by atoms with E-state index in [4.69, 9.17) is 23.2 Å². The molecule has 9 heteroatoms. The van der Waals surface area contributed by atoms with Gasteiger partial charge < -0.3 is 10.2 Å². The van der Waals surface area contributed by atoms with Crippen LogP contribution in [0.3, 0.4) is 0 Å². The first kappa shape index (κ1) is 19.6. The fraction of sp³-hybridized carbons (Fsp3) is 0.588. The van der Waals surface area contributed by atoms with E-state index in [9.17, 15) is 18.0 Å². The molecule has 0 spiro atoms. The molecule has 0 aromatic heterocycles. The van der Waals surface area contributed by atoms with Gasteiger partial charge in [0.25, 0.3) is 0 Å². The molecule has 3 rings (SSSR count). The van der Waals surface area contributed by atoms with Gasteiger partial charge in [0, 0.05) is 26.2 Å². The molecule has 1 aliphatic carbocycles. The maximum absolute atomic E-state index is 12.6. The molecule has 0 saturated carbocycles. The van der Waals surface area contributed by atoms with Gasteiger partial charge >= 0.3 is 12.2 Å². The highest BCUT2D eigenvalue weighted by molar-refractivity contribution is 6.42. The predicted octanol–water partition coefficient (Wildman–Crippen LogP) is 4.26. The van der Waals surface area contributed by atoms with Crippen LogP contribution in [-0.2, 0) is 6.42 Å². The number of alkyl halides is 3. The number of nitrogens with zero attached hydrogens (tertiary/aromatic N) is 2. The van der Waals surface area contributed by atoms with E-state index in [1.807, 2.05) is 6.07 Å². The monoisotopic (exact) mass is 409 g/mol. The number of hydrogen-bond donors (Lipinski definition) is 1. The van der Waals surface area contributed by atoms with Crippen LogP contribution >= 0.6 is 23.2 Å². The lowest BCUT2D eigenvalue weighted by atomic mass is 10.1. The van der Waals surface area contributed by atoms with Crippen LogP contribution in [0.1, 0.15) is 30.0 Å². The summed E-state index contributed by atoms with van der Waals surface area (Å²) in [5.74, 6) is 0. The van der Waals surface area contributed by atoms with E-state index in [1.54, 1.807) is 11.0 Å². The molecule has 0 radical (unpaired) electrons. The summed E-state index contributed by atoms with van der Waals surface area (Å²) in [7, 11) is 0. The van der Waals surface area contributed by atoms with Crippen LogP contribution < -0.4 is 5.32 Å². The summed E-state index contributed by atoms with van der Waals surface area (Å²) in [5, 5.41) is 4.01. The maximum atomic E-state index is 12.6. The van der Waals surface area contributed by atoms with E-state index in [2.05, 4.69) is 5.32 Å². The molecule has 1 atom stereocenters. The summed E-state index contributed by atoms with van der Waals surface area (Å²) >= 11 is 12.3. The van der Waals surface area contributed by atoms with Gasteiger partial charge in [-0.2, -0.15) is 13.2 Å². The number of fused-ring (bicyclic) bond motifs is 1. The van der Waals surface area contributed by atoms with Gasteiger partial charge in [-0.1, -0.05) is 29.3 Å². The van der Waals surface area contributed by atoms with E-state index >= 15 is 0 Å². The zero-order valence-electron chi connectivity index (χ0n) is 14.1. The Balaban J connectivity index is 1.59. The molecule has 1 fully saturated rings. The number of carbonyl (C=O) groups excluding carboxylic acids is 1. The normalized spacial score (nSPS) is 21.4. The highest BCUT2D eigenvalue weighted by Gasteiger charge is 2.33. The summed E-state index contributed by atoms with van der Waals surface area (Å²) in [6, 6.07) is 3.19. The van der Waals surface area contributed by atoms with E-state index in [0.717, 1.165) is 24.0 Å². The number of amides is 2. The third-order valence-corrected chi connectivity index (χ3v) is 5.71. The Hall–Kier alpha value is -1.18. The topological polar surface area (TPSA) is 35.6 Å². The Morgan fingerprint density at radius 2 is 1.96 bits per heavy atom. The lowest BCUT2D eigenvalue weighted by Gasteiger charge is -2.25. The highest BCUT2D eigenvalue weighted by atomic mass is 35.5. The number of halogens is 5. The second-order valence-corrected chi connectivity index (χ2v) is 7.49. The molecule has 1 N–H and O–H groups in total. The van der Waals surface area contributed by atoms with Gasteiger partial charge in [0.2, 0.25) is 0 Å². The zero-order chi connectivity index (χ0) is 18.9. The van der Waals surface area contributed by atoms with Crippen LogP contribution in [0.4, 0.5) is 18.0 Å². The molecule has 1 unspecified atom stereocenters. The number of carbonyl (C=O) groups is 1. The summed E-state index contributed by atoms with van der Waals surface area (Å²) in [4.78, 5) is 15.5. The van der Waals surface area contributed by atoms with Crippen molar-refractivity contribution in [2.45, 2.75) is 31.5 Å². The molecule has 2 aliphatic rings. The van der Waals surface area contributed by atoms with Gasteiger partial charge in [-0.05, 0) is 36.5 Å². The second kappa shape index (κ2) is 7.82. The van der Waals surface area contributed by atoms with Crippen LogP contribution in [0, 0.1) is 0 Å². The fourth-order valence-electron chi connectivity index (χ4n) is 3.61. The number of hydrogen-bond acceptors (Lipinski definition) is 2. The number of nitrogens with one attached hydrogen (secondary N) is 1. The van der Waals surface area contributed by atoms with Crippen molar-refractivity contribution >= 4 is 29.2 Å². The largest absolute Gasteiger partial charge is 0.401 e. The third kappa shape index (κ3) is 4.56. The smallest absolute Gasteiger partial charge is 0.331 e. The minimum absolute atomic E-state index is 0.151. The summed E-state index contributed by atoms with van der Waals surface area (Å²) < 4.78 is 37.6. The van der Waals surface area contributed by atoms with Crippen molar-refractivity contribution in [3.63, 3.8) is 0 Å². The van der Waals surface area contributed by atoms with Crippen LogP contribution in [-0.4, -0.2) is 54.7 Å². The molecular weight excluding hydrogens is 390 g/mol. The van der Waals surface area contributed by atoms with Crippen LogP contribution in [0.5, 0.6) is 0 Å². The van der Waals surface area contributed by atoms with E-state index in [1.165, 1.54) is 4.90 Å². The minimum atomic E-state index is -4.22. The molecule has 1 aromatic carbocycles. The van der Waals surface area contributed by atoms with Crippen molar-refractivity contribution in [3.8, 4) is 0 Å². The Labute approximate surface area is 160 Å². The quantitative estimate of drug-likeness (QED) is 0.791. The molecule has 1 heterocycles. The first-order valence-electron chi connectivity index (χ1n) is 8.56. The predicted molar refractivity (Wildman–Crippen MR) is 94.7 cm³/mol. The van der Waals surface area contributed by atoms with E-state index in [0.29, 0.717) is 29.6 Å². The second-order valence-electron chi connectivity index (χ2n) is 6.70. The van der Waals surface area contributed by atoms with Crippen molar-refractivity contribution in [2.24, 2.45) is 0 Å². The first-order chi connectivity index (χ1) is 12.2. The lowest BCUT2D eigenvalue weighted by Crippen LogP contribution is -2.43. The Kier molecular flexibility index (Phi) is 5.89. The van der Waals surface area contributed by atoms with Gasteiger partial charge in [-0.25, -0.2) is 4.79 Å². The molecule has 1 aliphatic heterocycles. The Morgan fingerprint density at radius 1 is 1.19 bits per heavy atom. The molecule has 0 bridgehead atoms. The molecule has 1 aromatic rings. The van der Waals surface area contributed by atoms with Crippen LogP contribution in [0.25, 0.3) is 0 Å². The molecule has 1 saturated heterocycles. The SMILES string of the molecule is O=C(NC1CCc2c1ccc(Cl)c2Cl)N1CCCN(CC(F)(F)F)CC1. The Morgan fingerprint density at radius 3 is 2.69 bits per heavy atom. The number of benzene rings is 1.